The summed E-state index contributed by atoms with van der Waals surface area (Å²) in [7, 11) is 0. The van der Waals surface area contributed by atoms with Crippen molar-refractivity contribution in [1.82, 2.24) is 14.8 Å². The molecule has 3 aromatic carbocycles. The van der Waals surface area contributed by atoms with E-state index in [9.17, 15) is 9.59 Å². The molecule has 1 heterocycles. The zero-order valence-electron chi connectivity index (χ0n) is 21.5. The molecule has 4 aromatic rings. The molecule has 2 amide bonds. The van der Waals surface area contributed by atoms with Gasteiger partial charge in [-0.2, -0.15) is 0 Å². The number of nitrogen functional groups attached to an aromatic ring is 1. The van der Waals surface area contributed by atoms with Gasteiger partial charge in [-0.25, -0.2) is 4.98 Å². The highest BCUT2D eigenvalue weighted by Gasteiger charge is 2.31. The van der Waals surface area contributed by atoms with Crippen LogP contribution in [0.25, 0.3) is 11.3 Å². The zero-order valence-corrected chi connectivity index (χ0v) is 22.3. The van der Waals surface area contributed by atoms with E-state index in [0.717, 1.165) is 35.2 Å². The van der Waals surface area contributed by atoms with E-state index in [0.29, 0.717) is 29.7 Å². The van der Waals surface area contributed by atoms with Crippen molar-refractivity contribution >= 4 is 28.3 Å². The Morgan fingerprint density at radius 1 is 0.974 bits per heavy atom. The smallest absolute Gasteiger partial charge is 0.254 e. The Bertz CT molecular complexity index is 1370. The molecule has 0 radical (unpaired) electrons. The molecule has 0 saturated heterocycles. The van der Waals surface area contributed by atoms with Gasteiger partial charge in [0, 0.05) is 29.6 Å². The van der Waals surface area contributed by atoms with Crippen LogP contribution in [0, 0.1) is 5.92 Å². The van der Waals surface area contributed by atoms with Crippen LogP contribution in [-0.4, -0.2) is 39.7 Å². The van der Waals surface area contributed by atoms with Crippen molar-refractivity contribution in [2.45, 2.75) is 32.4 Å². The minimum atomic E-state index is -0.133. The van der Waals surface area contributed by atoms with Crippen molar-refractivity contribution in [3.8, 4) is 11.3 Å². The monoisotopic (exact) mass is 524 g/mol. The topological polar surface area (TPSA) is 79.5 Å². The number of rotatable bonds is 10. The molecular weight excluding hydrogens is 492 g/mol. The summed E-state index contributed by atoms with van der Waals surface area (Å²) in [6.07, 6.45) is 2.19. The normalized spacial score (nSPS) is 13.6. The molecule has 2 N–H and O–H groups in total. The van der Waals surface area contributed by atoms with Crippen molar-refractivity contribution in [3.63, 3.8) is 0 Å². The number of anilines is 1. The molecule has 194 valence electrons. The van der Waals surface area contributed by atoms with Crippen molar-refractivity contribution in [2.24, 2.45) is 5.92 Å². The van der Waals surface area contributed by atoms with Crippen molar-refractivity contribution in [2.75, 3.05) is 18.8 Å². The van der Waals surface area contributed by atoms with Crippen LogP contribution in [-0.2, 0) is 11.3 Å². The van der Waals surface area contributed by atoms with Crippen molar-refractivity contribution in [3.05, 3.63) is 107 Å². The molecule has 1 aromatic heterocycles. The van der Waals surface area contributed by atoms with Crippen LogP contribution in [0.15, 0.2) is 90.3 Å². The lowest BCUT2D eigenvalue weighted by atomic mass is 10.1. The Morgan fingerprint density at radius 3 is 2.24 bits per heavy atom. The highest BCUT2D eigenvalue weighted by molar-refractivity contribution is 7.13. The Balaban J connectivity index is 1.36. The molecule has 1 fully saturated rings. The lowest BCUT2D eigenvalue weighted by Gasteiger charge is -2.32. The maximum atomic E-state index is 13.9. The number of amides is 2. The highest BCUT2D eigenvalue weighted by Crippen LogP contribution is 2.31. The van der Waals surface area contributed by atoms with E-state index in [1.807, 2.05) is 102 Å². The standard InChI is InChI=1S/C31H32N4O2S/c1-22(25-10-6-3-7-11-25)35(19-23-8-4-2-5-9-23)29(36)20-34(18-24-12-13-24)30(37)27-16-14-26(15-17-27)28-21-38-31(32)33-28/h2-11,14-17,21-22,24H,12-13,18-20H2,1H3,(H2,32,33)/t22-/m0/s1. The van der Waals surface area contributed by atoms with E-state index in [1.165, 1.54) is 11.3 Å². The first-order valence-electron chi connectivity index (χ1n) is 13.0. The number of aromatic nitrogens is 1. The average Bonchev–Trinajstić information content (AvgIpc) is 3.67. The van der Waals surface area contributed by atoms with Gasteiger partial charge in [-0.15, -0.1) is 11.3 Å². The van der Waals surface area contributed by atoms with Gasteiger partial charge in [-0.05, 0) is 48.9 Å². The molecule has 0 spiro atoms. The summed E-state index contributed by atoms with van der Waals surface area (Å²) >= 11 is 1.39. The summed E-state index contributed by atoms with van der Waals surface area (Å²) < 4.78 is 0. The van der Waals surface area contributed by atoms with Crippen LogP contribution < -0.4 is 5.73 Å². The van der Waals surface area contributed by atoms with Crippen LogP contribution in [0.2, 0.25) is 0 Å². The average molecular weight is 525 g/mol. The second-order valence-corrected chi connectivity index (χ2v) is 10.8. The first-order chi connectivity index (χ1) is 18.5. The number of hydrogen-bond donors (Lipinski definition) is 1. The van der Waals surface area contributed by atoms with Crippen LogP contribution in [0.3, 0.4) is 0 Å². The molecule has 0 unspecified atom stereocenters. The summed E-state index contributed by atoms with van der Waals surface area (Å²) in [4.78, 5) is 35.4. The van der Waals surface area contributed by atoms with Crippen LogP contribution in [0.4, 0.5) is 5.13 Å². The first-order valence-corrected chi connectivity index (χ1v) is 13.8. The van der Waals surface area contributed by atoms with Gasteiger partial charge in [0.2, 0.25) is 5.91 Å². The summed E-state index contributed by atoms with van der Waals surface area (Å²) in [5, 5.41) is 2.42. The maximum absolute atomic E-state index is 13.9. The summed E-state index contributed by atoms with van der Waals surface area (Å²) in [6.45, 7) is 3.16. The van der Waals surface area contributed by atoms with E-state index in [-0.39, 0.29) is 24.4 Å². The predicted molar refractivity (Wildman–Crippen MR) is 152 cm³/mol. The molecule has 38 heavy (non-hydrogen) atoms. The lowest BCUT2D eigenvalue weighted by molar-refractivity contribution is -0.134. The number of carbonyl (C=O) groups excluding carboxylic acids is 2. The van der Waals surface area contributed by atoms with Gasteiger partial charge in [-0.3, -0.25) is 9.59 Å². The molecule has 1 aliphatic carbocycles. The Hall–Kier alpha value is -3.97. The summed E-state index contributed by atoms with van der Waals surface area (Å²) in [6, 6.07) is 27.3. The fourth-order valence-electron chi connectivity index (χ4n) is 4.60. The third-order valence-electron chi connectivity index (χ3n) is 7.00. The van der Waals surface area contributed by atoms with E-state index in [2.05, 4.69) is 4.98 Å². The number of benzene rings is 3. The quantitative estimate of drug-likeness (QED) is 0.275. The first kappa shape index (κ1) is 25.7. The molecular formula is C31H32N4O2S. The SMILES string of the molecule is C[C@@H](c1ccccc1)N(Cc1ccccc1)C(=O)CN(CC1CC1)C(=O)c1ccc(-c2csc(N)n2)cc1. The molecule has 1 aliphatic rings. The molecule has 5 rings (SSSR count). The van der Waals surface area contributed by atoms with Gasteiger partial charge in [0.05, 0.1) is 11.7 Å². The van der Waals surface area contributed by atoms with E-state index < -0.39 is 0 Å². The molecule has 1 saturated carbocycles. The Kier molecular flexibility index (Phi) is 7.84. The largest absolute Gasteiger partial charge is 0.375 e. The minimum Gasteiger partial charge on any atom is -0.375 e. The highest BCUT2D eigenvalue weighted by atomic mass is 32.1. The van der Waals surface area contributed by atoms with Gasteiger partial charge in [0.25, 0.3) is 5.91 Å². The van der Waals surface area contributed by atoms with Crippen LogP contribution >= 0.6 is 11.3 Å². The van der Waals surface area contributed by atoms with Gasteiger partial charge < -0.3 is 15.5 Å². The molecule has 1 atom stereocenters. The van der Waals surface area contributed by atoms with Crippen LogP contribution in [0.5, 0.6) is 0 Å². The third-order valence-corrected chi connectivity index (χ3v) is 7.68. The fraction of sp³-hybridized carbons (Fsp3) is 0.258. The van der Waals surface area contributed by atoms with E-state index >= 15 is 0 Å². The second kappa shape index (κ2) is 11.6. The van der Waals surface area contributed by atoms with Gasteiger partial charge in [0.1, 0.15) is 6.54 Å². The van der Waals surface area contributed by atoms with E-state index in [1.54, 1.807) is 4.90 Å². The maximum Gasteiger partial charge on any atom is 0.254 e. The van der Waals surface area contributed by atoms with Crippen molar-refractivity contribution in [1.29, 1.82) is 0 Å². The number of hydrogen-bond acceptors (Lipinski definition) is 5. The Morgan fingerprint density at radius 2 is 1.63 bits per heavy atom. The number of nitrogens with two attached hydrogens (primary N) is 1. The molecule has 6 nitrogen and oxygen atoms in total. The lowest BCUT2D eigenvalue weighted by Crippen LogP contribution is -2.44. The predicted octanol–water partition coefficient (Wildman–Crippen LogP) is 6.03. The third kappa shape index (κ3) is 6.29. The zero-order chi connectivity index (χ0) is 26.5. The number of nitrogens with zero attached hydrogens (tertiary/aromatic N) is 3. The fourth-order valence-corrected chi connectivity index (χ4v) is 5.18. The number of thiazole rings is 1. The second-order valence-electron chi connectivity index (χ2n) is 9.87. The number of carbonyl (C=O) groups is 2. The van der Waals surface area contributed by atoms with Gasteiger partial charge in [-0.1, -0.05) is 72.8 Å². The minimum absolute atomic E-state index is 0.0453. The molecule has 0 aliphatic heterocycles. The van der Waals surface area contributed by atoms with E-state index in [4.69, 9.17) is 5.73 Å². The molecule has 7 heteroatoms. The Labute approximate surface area is 227 Å². The van der Waals surface area contributed by atoms with Crippen LogP contribution in [0.1, 0.15) is 47.3 Å². The summed E-state index contributed by atoms with van der Waals surface area (Å²) in [5.41, 5.74) is 10.2. The van der Waals surface area contributed by atoms with Crippen molar-refractivity contribution < 1.29 is 9.59 Å². The summed E-state index contributed by atoms with van der Waals surface area (Å²) in [5.74, 6) is 0.272. The molecule has 0 bridgehead atoms. The van der Waals surface area contributed by atoms with Gasteiger partial charge in [0.15, 0.2) is 5.13 Å². The van der Waals surface area contributed by atoms with Gasteiger partial charge >= 0.3 is 0 Å².